The molecule has 0 aromatic rings. The summed E-state index contributed by atoms with van der Waals surface area (Å²) in [5.41, 5.74) is 0.394. The largest absolute Gasteiger partial charge is 0.462 e. The van der Waals surface area contributed by atoms with Crippen LogP contribution in [0.25, 0.3) is 0 Å². The third-order valence-electron chi connectivity index (χ3n) is 14.5. The molecule has 6 nitrogen and oxygen atoms in total. The molecule has 234 valence electrons. The van der Waals surface area contributed by atoms with Crippen molar-refractivity contribution in [2.45, 2.75) is 138 Å². The summed E-state index contributed by atoms with van der Waals surface area (Å²) in [4.78, 5) is 46.3. The number of hydrogen-bond acceptors (Lipinski definition) is 5. The van der Waals surface area contributed by atoms with Crippen molar-refractivity contribution in [3.05, 3.63) is 11.6 Å². The van der Waals surface area contributed by atoms with Gasteiger partial charge >= 0.3 is 5.97 Å². The van der Waals surface area contributed by atoms with E-state index in [9.17, 15) is 14.4 Å². The van der Waals surface area contributed by atoms with Crippen LogP contribution in [0.15, 0.2) is 11.6 Å². The van der Waals surface area contributed by atoms with Gasteiger partial charge in [-0.2, -0.15) is 0 Å². The Morgan fingerprint density at radius 3 is 2.19 bits per heavy atom. The van der Waals surface area contributed by atoms with Gasteiger partial charge in [0.2, 0.25) is 0 Å². The van der Waals surface area contributed by atoms with E-state index in [1.54, 1.807) is 7.05 Å². The molecular formula is C36H55NO5. The molecule has 1 amide bonds. The fraction of sp³-hybridized carbons (Fsp3) is 0.861. The Kier molecular flexibility index (Phi) is 6.80. The number of ether oxygens (including phenoxy) is 1. The van der Waals surface area contributed by atoms with E-state index in [4.69, 9.17) is 9.57 Å². The van der Waals surface area contributed by atoms with Crippen LogP contribution in [0.4, 0.5) is 0 Å². The smallest absolute Gasteiger partial charge is 0.302 e. The maximum atomic E-state index is 14.6. The molecule has 0 saturated heterocycles. The van der Waals surface area contributed by atoms with Gasteiger partial charge in [-0.05, 0) is 110 Å². The first-order valence-corrected chi connectivity index (χ1v) is 16.8. The van der Waals surface area contributed by atoms with E-state index in [1.807, 2.05) is 0 Å². The predicted molar refractivity (Wildman–Crippen MR) is 162 cm³/mol. The Morgan fingerprint density at radius 2 is 1.55 bits per heavy atom. The molecule has 0 bridgehead atoms. The molecule has 0 aliphatic heterocycles. The van der Waals surface area contributed by atoms with Gasteiger partial charge in [0.25, 0.3) is 5.91 Å². The number of allylic oxidation sites excluding steroid dienone is 2. The molecule has 0 aromatic heterocycles. The molecule has 6 aliphatic rings. The Balaban J connectivity index is 1.35. The highest BCUT2D eigenvalue weighted by Crippen LogP contribution is 2.75. The second-order valence-corrected chi connectivity index (χ2v) is 17.3. The SMILES string of the molecule is CC(=O)O[C@H]1CC[C@@]2(C)C(CC[C@]3(C)[C@@H]2C(=O)C=C2[C@@H]4C[C@@](C)(C(=O)N(C)OC5CC5)CC[C@]4(C)CC[C@]23C)C1(C)C. The third-order valence-corrected chi connectivity index (χ3v) is 14.5. The second-order valence-electron chi connectivity index (χ2n) is 17.3. The highest BCUT2D eigenvalue weighted by molar-refractivity contribution is 5.95. The van der Waals surface area contributed by atoms with E-state index >= 15 is 0 Å². The number of ketones is 1. The summed E-state index contributed by atoms with van der Waals surface area (Å²) in [7, 11) is 1.79. The standard InChI is InChI=1S/C36H55NO5/c1-22(38)41-28-13-14-34(6)27(31(28,2)3)12-15-36(8)29(34)26(39)20-24-25-21-33(5,30(40)37(9)42-23-10-11-23)17-16-32(25,4)18-19-35(24,36)7/h20,23,25,27-29H,10-19,21H2,1-9H3/t25-,27?,28-,29+,32+,33-,34-,35+,36+/m0/s1. The Hall–Kier alpha value is -1.69. The van der Waals surface area contributed by atoms with Crippen molar-refractivity contribution < 1.29 is 24.0 Å². The first-order valence-electron chi connectivity index (χ1n) is 16.8. The summed E-state index contributed by atoms with van der Waals surface area (Å²) in [5.74, 6) is 0.673. The Morgan fingerprint density at radius 1 is 0.881 bits per heavy atom. The molecule has 5 saturated carbocycles. The lowest BCUT2D eigenvalue weighted by molar-refractivity contribution is -0.211. The van der Waals surface area contributed by atoms with Crippen LogP contribution in [-0.2, 0) is 24.0 Å². The maximum Gasteiger partial charge on any atom is 0.302 e. The first-order chi connectivity index (χ1) is 19.4. The number of nitrogens with zero attached hydrogens (tertiary/aromatic N) is 1. The predicted octanol–water partition coefficient (Wildman–Crippen LogP) is 7.45. The zero-order valence-corrected chi connectivity index (χ0v) is 27.7. The molecule has 0 spiro atoms. The topological polar surface area (TPSA) is 72.9 Å². The Bertz CT molecular complexity index is 1220. The zero-order valence-electron chi connectivity index (χ0n) is 27.7. The van der Waals surface area contributed by atoms with E-state index in [1.165, 1.54) is 17.6 Å². The van der Waals surface area contributed by atoms with Crippen molar-refractivity contribution in [1.29, 1.82) is 0 Å². The van der Waals surface area contributed by atoms with E-state index in [-0.39, 0.29) is 63.0 Å². The van der Waals surface area contributed by atoms with E-state index in [0.29, 0.717) is 11.7 Å². The van der Waals surface area contributed by atoms with Crippen LogP contribution < -0.4 is 0 Å². The summed E-state index contributed by atoms with van der Waals surface area (Å²) < 4.78 is 5.87. The van der Waals surface area contributed by atoms with Gasteiger partial charge in [0.1, 0.15) is 6.10 Å². The molecule has 6 aliphatic carbocycles. The average molecular weight is 582 g/mol. The minimum absolute atomic E-state index is 0.0471. The molecule has 0 aromatic carbocycles. The number of carbonyl (C=O) groups is 3. The highest BCUT2D eigenvalue weighted by atomic mass is 16.7. The number of esters is 1. The summed E-state index contributed by atoms with van der Waals surface area (Å²) in [6.07, 6.45) is 12.9. The molecule has 0 radical (unpaired) electrons. The lowest BCUT2D eigenvalue weighted by Gasteiger charge is -2.70. The van der Waals surface area contributed by atoms with Crippen molar-refractivity contribution >= 4 is 17.7 Å². The number of amides is 1. The van der Waals surface area contributed by atoms with Gasteiger partial charge < -0.3 is 4.74 Å². The molecule has 6 rings (SSSR count). The van der Waals surface area contributed by atoms with Gasteiger partial charge in [0, 0.05) is 30.7 Å². The fourth-order valence-electron chi connectivity index (χ4n) is 11.6. The summed E-state index contributed by atoms with van der Waals surface area (Å²) >= 11 is 0. The first kappa shape index (κ1) is 30.3. The number of rotatable bonds is 4. The van der Waals surface area contributed by atoms with Crippen LogP contribution in [-0.4, -0.2) is 42.0 Å². The van der Waals surface area contributed by atoms with Crippen LogP contribution in [0.1, 0.15) is 126 Å². The highest BCUT2D eigenvalue weighted by Gasteiger charge is 2.70. The summed E-state index contributed by atoms with van der Waals surface area (Å²) in [6.45, 7) is 17.9. The number of fused-ring (bicyclic) bond motifs is 7. The average Bonchev–Trinajstić information content (AvgIpc) is 3.71. The normalized spacial score (nSPS) is 47.6. The molecule has 9 atom stereocenters. The number of hydroxylamine groups is 2. The van der Waals surface area contributed by atoms with E-state index < -0.39 is 5.41 Å². The van der Waals surface area contributed by atoms with E-state index in [0.717, 1.165) is 70.6 Å². The van der Waals surface area contributed by atoms with Crippen molar-refractivity contribution in [2.75, 3.05) is 7.05 Å². The number of carbonyl (C=O) groups excluding carboxylic acids is 3. The summed E-state index contributed by atoms with van der Waals surface area (Å²) in [6, 6.07) is 0. The van der Waals surface area contributed by atoms with Crippen molar-refractivity contribution in [3.63, 3.8) is 0 Å². The van der Waals surface area contributed by atoms with Crippen LogP contribution in [0.5, 0.6) is 0 Å². The molecule has 0 heterocycles. The lowest BCUT2D eigenvalue weighted by Crippen LogP contribution is -2.66. The van der Waals surface area contributed by atoms with Gasteiger partial charge in [0.15, 0.2) is 5.78 Å². The minimum atomic E-state index is -0.490. The fourth-order valence-corrected chi connectivity index (χ4v) is 11.6. The van der Waals surface area contributed by atoms with E-state index in [2.05, 4.69) is 54.5 Å². The van der Waals surface area contributed by atoms with Crippen molar-refractivity contribution in [3.8, 4) is 0 Å². The van der Waals surface area contributed by atoms with Gasteiger partial charge in [-0.15, -0.1) is 0 Å². The molecule has 6 heteroatoms. The van der Waals surface area contributed by atoms with Gasteiger partial charge in [-0.3, -0.25) is 19.2 Å². The third kappa shape index (κ3) is 4.15. The zero-order chi connectivity index (χ0) is 30.7. The molecule has 1 unspecified atom stereocenters. The van der Waals surface area contributed by atoms with Gasteiger partial charge in [-0.25, -0.2) is 5.06 Å². The second kappa shape index (κ2) is 9.41. The van der Waals surface area contributed by atoms with Crippen LogP contribution in [0.3, 0.4) is 0 Å². The number of hydrogen-bond donors (Lipinski definition) is 0. The van der Waals surface area contributed by atoms with Crippen molar-refractivity contribution in [2.24, 2.45) is 50.2 Å². The van der Waals surface area contributed by atoms with Crippen LogP contribution in [0.2, 0.25) is 0 Å². The molecule has 0 N–H and O–H groups in total. The summed E-state index contributed by atoms with van der Waals surface area (Å²) in [5, 5.41) is 1.52. The Labute approximate surface area is 253 Å². The minimum Gasteiger partial charge on any atom is -0.462 e. The van der Waals surface area contributed by atoms with Crippen LogP contribution in [0, 0.1) is 50.2 Å². The maximum absolute atomic E-state index is 14.6. The molecular weight excluding hydrogens is 526 g/mol. The van der Waals surface area contributed by atoms with Crippen LogP contribution >= 0.6 is 0 Å². The van der Waals surface area contributed by atoms with Gasteiger partial charge in [0.05, 0.1) is 6.10 Å². The quantitative estimate of drug-likeness (QED) is 0.255. The molecule has 42 heavy (non-hydrogen) atoms. The van der Waals surface area contributed by atoms with Gasteiger partial charge in [-0.1, -0.05) is 54.0 Å². The monoisotopic (exact) mass is 581 g/mol. The molecule has 5 fully saturated rings. The lowest BCUT2D eigenvalue weighted by atomic mass is 9.33. The van der Waals surface area contributed by atoms with Crippen molar-refractivity contribution in [1.82, 2.24) is 5.06 Å².